The summed E-state index contributed by atoms with van der Waals surface area (Å²) in [7, 11) is 0. The van der Waals surface area contributed by atoms with Gasteiger partial charge >= 0.3 is 5.97 Å². The van der Waals surface area contributed by atoms with Crippen LogP contribution in [0.5, 0.6) is 0 Å². The number of nitrogens with one attached hydrogen (secondary N) is 1. The topological polar surface area (TPSA) is 112 Å². The van der Waals surface area contributed by atoms with Gasteiger partial charge in [0.15, 0.2) is 5.65 Å². The summed E-state index contributed by atoms with van der Waals surface area (Å²) in [5, 5.41) is 2.95. The van der Waals surface area contributed by atoms with Gasteiger partial charge in [0.25, 0.3) is 5.91 Å². The minimum absolute atomic E-state index is 0.183. The number of para-hydroxylation sites is 2. The molecular weight excluding hydrogens is 454 g/mol. The molecule has 180 valence electrons. The molecule has 3 aromatic carbocycles. The van der Waals surface area contributed by atoms with Crippen LogP contribution in [0.15, 0.2) is 72.8 Å². The van der Waals surface area contributed by atoms with E-state index in [0.717, 1.165) is 11.1 Å². The summed E-state index contributed by atoms with van der Waals surface area (Å²) in [5.41, 5.74) is 12.0. The van der Waals surface area contributed by atoms with Crippen molar-refractivity contribution in [3.8, 4) is 5.69 Å². The van der Waals surface area contributed by atoms with Gasteiger partial charge in [-0.25, -0.2) is 14.8 Å². The van der Waals surface area contributed by atoms with Crippen LogP contribution >= 0.6 is 0 Å². The Balaban J connectivity index is 1.64. The second-order valence-electron chi connectivity index (χ2n) is 8.42. The van der Waals surface area contributed by atoms with Crippen LogP contribution in [0.2, 0.25) is 0 Å². The van der Waals surface area contributed by atoms with Crippen LogP contribution in [-0.2, 0) is 11.3 Å². The summed E-state index contributed by atoms with van der Waals surface area (Å²) in [4.78, 5) is 35.3. The summed E-state index contributed by atoms with van der Waals surface area (Å²) < 4.78 is 6.80. The van der Waals surface area contributed by atoms with Crippen molar-refractivity contribution in [3.05, 3.63) is 95.1 Å². The monoisotopic (exact) mass is 479 g/mol. The normalized spacial score (nSPS) is 11.1. The number of nitrogens with two attached hydrogens (primary N) is 1. The van der Waals surface area contributed by atoms with Crippen molar-refractivity contribution in [2.75, 3.05) is 12.3 Å². The maximum Gasteiger partial charge on any atom is 0.338 e. The second kappa shape index (κ2) is 9.50. The Bertz CT molecular complexity index is 1610. The summed E-state index contributed by atoms with van der Waals surface area (Å²) in [5.74, 6) is -0.618. The van der Waals surface area contributed by atoms with E-state index >= 15 is 0 Å². The molecule has 0 spiro atoms. The molecule has 1 amide bonds. The van der Waals surface area contributed by atoms with Gasteiger partial charge < -0.3 is 15.8 Å². The van der Waals surface area contributed by atoms with E-state index < -0.39 is 5.97 Å². The van der Waals surface area contributed by atoms with Gasteiger partial charge in [0, 0.05) is 12.2 Å². The van der Waals surface area contributed by atoms with Crippen molar-refractivity contribution in [3.63, 3.8) is 0 Å². The number of nitrogen functional groups attached to an aromatic ring is 1. The number of rotatable bonds is 6. The van der Waals surface area contributed by atoms with E-state index in [2.05, 4.69) is 5.32 Å². The predicted molar refractivity (Wildman–Crippen MR) is 139 cm³/mol. The average molecular weight is 480 g/mol. The van der Waals surface area contributed by atoms with Gasteiger partial charge in [-0.2, -0.15) is 0 Å². The lowest BCUT2D eigenvalue weighted by Crippen LogP contribution is -2.24. The largest absolute Gasteiger partial charge is 0.462 e. The Morgan fingerprint density at radius 2 is 1.69 bits per heavy atom. The Morgan fingerprint density at radius 3 is 2.42 bits per heavy atom. The number of benzene rings is 3. The van der Waals surface area contributed by atoms with E-state index in [-0.39, 0.29) is 23.9 Å². The van der Waals surface area contributed by atoms with Gasteiger partial charge in [-0.15, -0.1) is 0 Å². The number of nitrogens with zero attached hydrogens (tertiary/aromatic N) is 3. The molecule has 0 atom stereocenters. The first kappa shape index (κ1) is 23.0. The predicted octanol–water partition coefficient (Wildman–Crippen LogP) is 4.57. The Labute approximate surface area is 207 Å². The molecule has 0 aliphatic heterocycles. The Hall–Kier alpha value is -4.72. The molecule has 3 N–H and O–H groups in total. The maximum atomic E-state index is 13.4. The van der Waals surface area contributed by atoms with Crippen LogP contribution in [0.1, 0.15) is 38.8 Å². The van der Waals surface area contributed by atoms with Crippen LogP contribution in [0.3, 0.4) is 0 Å². The fraction of sp³-hybridized carbons (Fsp3) is 0.143. The molecule has 8 heteroatoms. The van der Waals surface area contributed by atoms with Crippen LogP contribution < -0.4 is 11.1 Å². The van der Waals surface area contributed by atoms with E-state index in [1.54, 1.807) is 35.8 Å². The third kappa shape index (κ3) is 4.24. The fourth-order valence-corrected chi connectivity index (χ4v) is 4.11. The number of fused-ring (bicyclic) bond motifs is 2. The summed E-state index contributed by atoms with van der Waals surface area (Å²) in [6.07, 6.45) is 0. The summed E-state index contributed by atoms with van der Waals surface area (Å²) in [6, 6.07) is 22.2. The van der Waals surface area contributed by atoms with Gasteiger partial charge in [0.2, 0.25) is 0 Å². The van der Waals surface area contributed by atoms with Crippen molar-refractivity contribution in [1.29, 1.82) is 0 Å². The van der Waals surface area contributed by atoms with E-state index in [1.165, 1.54) is 0 Å². The smallest absolute Gasteiger partial charge is 0.338 e. The van der Waals surface area contributed by atoms with Gasteiger partial charge in [-0.1, -0.05) is 48.0 Å². The lowest BCUT2D eigenvalue weighted by Gasteiger charge is -2.10. The number of hydrogen-bond donors (Lipinski definition) is 2. The lowest BCUT2D eigenvalue weighted by atomic mass is 10.1. The van der Waals surface area contributed by atoms with Gasteiger partial charge in [-0.3, -0.25) is 9.36 Å². The molecule has 0 aliphatic rings. The van der Waals surface area contributed by atoms with Crippen LogP contribution in [-0.4, -0.2) is 33.0 Å². The SMILES string of the molecule is CCOC(=O)c1cccc(-n2c(N)c(C(=O)NCc3ccc(C)cc3)c3nc4ccccc4nc32)c1. The minimum atomic E-state index is -0.443. The molecule has 5 rings (SSSR count). The number of hydrogen-bond acceptors (Lipinski definition) is 6. The molecular formula is C28H25N5O3. The molecule has 2 heterocycles. The zero-order valence-electron chi connectivity index (χ0n) is 20.0. The van der Waals surface area contributed by atoms with E-state index in [0.29, 0.717) is 40.0 Å². The molecule has 0 saturated heterocycles. The highest BCUT2D eigenvalue weighted by Gasteiger charge is 2.25. The average Bonchev–Trinajstić information content (AvgIpc) is 3.17. The first-order chi connectivity index (χ1) is 17.5. The van der Waals surface area contributed by atoms with Crippen molar-refractivity contribution in [2.24, 2.45) is 0 Å². The standard InChI is InChI=1S/C28H25N5O3/c1-3-36-28(35)19-7-6-8-20(15-19)33-25(29)23(27(34)30-16-18-13-11-17(2)12-14-18)24-26(33)32-22-10-5-4-9-21(22)31-24/h4-15H,3,16,29H2,1-2H3,(H,30,34). The number of carbonyl (C=O) groups is 2. The highest BCUT2D eigenvalue weighted by atomic mass is 16.5. The number of amides is 1. The van der Waals surface area contributed by atoms with Gasteiger partial charge in [0.05, 0.1) is 23.2 Å². The number of esters is 1. The van der Waals surface area contributed by atoms with Crippen molar-refractivity contribution < 1.29 is 14.3 Å². The molecule has 0 aliphatic carbocycles. The zero-order valence-corrected chi connectivity index (χ0v) is 20.0. The highest BCUT2D eigenvalue weighted by Crippen LogP contribution is 2.31. The van der Waals surface area contributed by atoms with Crippen molar-refractivity contribution in [1.82, 2.24) is 19.9 Å². The summed E-state index contributed by atoms with van der Waals surface area (Å²) >= 11 is 0. The minimum Gasteiger partial charge on any atom is -0.462 e. The number of ether oxygens (including phenoxy) is 1. The highest BCUT2D eigenvalue weighted by molar-refractivity contribution is 6.11. The Morgan fingerprint density at radius 1 is 0.972 bits per heavy atom. The third-order valence-electron chi connectivity index (χ3n) is 5.91. The molecule has 36 heavy (non-hydrogen) atoms. The first-order valence-electron chi connectivity index (χ1n) is 11.6. The van der Waals surface area contributed by atoms with Crippen LogP contribution in [0.25, 0.3) is 27.9 Å². The molecule has 0 fully saturated rings. The molecule has 0 radical (unpaired) electrons. The Kier molecular flexibility index (Phi) is 6.08. The molecule has 2 aromatic heterocycles. The van der Waals surface area contributed by atoms with Crippen molar-refractivity contribution >= 4 is 39.9 Å². The molecule has 5 aromatic rings. The molecule has 8 nitrogen and oxygen atoms in total. The number of aromatic nitrogens is 3. The third-order valence-corrected chi connectivity index (χ3v) is 5.91. The van der Waals surface area contributed by atoms with E-state index in [9.17, 15) is 9.59 Å². The number of aryl methyl sites for hydroxylation is 1. The molecule has 0 bridgehead atoms. The number of carbonyl (C=O) groups excluding carboxylic acids is 2. The first-order valence-corrected chi connectivity index (χ1v) is 11.6. The fourth-order valence-electron chi connectivity index (χ4n) is 4.11. The zero-order chi connectivity index (χ0) is 25.2. The van der Waals surface area contributed by atoms with Crippen LogP contribution in [0, 0.1) is 6.92 Å². The second-order valence-corrected chi connectivity index (χ2v) is 8.42. The molecule has 0 unspecified atom stereocenters. The van der Waals surface area contributed by atoms with Crippen LogP contribution in [0.4, 0.5) is 5.82 Å². The van der Waals surface area contributed by atoms with Crippen molar-refractivity contribution in [2.45, 2.75) is 20.4 Å². The summed E-state index contributed by atoms with van der Waals surface area (Å²) in [6.45, 7) is 4.37. The number of anilines is 1. The quantitative estimate of drug-likeness (QED) is 0.345. The van der Waals surface area contributed by atoms with Gasteiger partial charge in [-0.05, 0) is 49.7 Å². The van der Waals surface area contributed by atoms with Gasteiger partial charge in [0.1, 0.15) is 16.9 Å². The molecule has 0 saturated carbocycles. The van der Waals surface area contributed by atoms with E-state index in [1.807, 2.05) is 55.5 Å². The van der Waals surface area contributed by atoms with E-state index in [4.69, 9.17) is 20.4 Å². The lowest BCUT2D eigenvalue weighted by molar-refractivity contribution is 0.0526. The maximum absolute atomic E-state index is 13.4.